The molecule has 1 N–H and O–H groups in total. The van der Waals surface area contributed by atoms with Crippen molar-refractivity contribution in [3.63, 3.8) is 0 Å². The summed E-state index contributed by atoms with van der Waals surface area (Å²) in [6.45, 7) is 4.19. The summed E-state index contributed by atoms with van der Waals surface area (Å²) >= 11 is 5.80. The summed E-state index contributed by atoms with van der Waals surface area (Å²) in [7, 11) is -3.06. The Bertz CT molecular complexity index is 1520. The number of amides is 2. The van der Waals surface area contributed by atoms with Crippen LogP contribution in [0, 0.1) is 0 Å². The SMILES string of the molecule is CC[C@@H](C)NC(=O)[C@H](C)N(Cc1ccc(OC)cc1)C(=O)CN(c1ccc(Cl)c(C(F)(F)F)c1)S(=O)(=O)c1ccccc1. The lowest BCUT2D eigenvalue weighted by molar-refractivity contribution is -0.139. The highest BCUT2D eigenvalue weighted by Gasteiger charge is 2.37. The van der Waals surface area contributed by atoms with Crippen molar-refractivity contribution in [1.82, 2.24) is 10.2 Å². The van der Waals surface area contributed by atoms with Crippen molar-refractivity contribution in [3.05, 3.63) is 88.9 Å². The van der Waals surface area contributed by atoms with Crippen molar-refractivity contribution in [2.75, 3.05) is 18.0 Å². The first-order chi connectivity index (χ1) is 20.2. The number of carbonyl (C=O) groups excluding carboxylic acids is 2. The molecular formula is C30H33ClF3N3O5S. The quantitative estimate of drug-likeness (QED) is 0.267. The summed E-state index contributed by atoms with van der Waals surface area (Å²) in [5.74, 6) is -0.724. The van der Waals surface area contributed by atoms with E-state index >= 15 is 0 Å². The number of alkyl halides is 3. The van der Waals surface area contributed by atoms with Gasteiger partial charge >= 0.3 is 6.18 Å². The van der Waals surface area contributed by atoms with Crippen LogP contribution in [0.15, 0.2) is 77.7 Å². The number of rotatable bonds is 12. The minimum absolute atomic E-state index is 0.0917. The van der Waals surface area contributed by atoms with E-state index in [1.54, 1.807) is 37.3 Å². The lowest BCUT2D eigenvalue weighted by Gasteiger charge is -2.32. The minimum Gasteiger partial charge on any atom is -0.497 e. The summed E-state index contributed by atoms with van der Waals surface area (Å²) in [6, 6.07) is 15.1. The summed E-state index contributed by atoms with van der Waals surface area (Å²) in [6.07, 6.45) is -4.26. The molecule has 0 heterocycles. The Morgan fingerprint density at radius 3 is 2.19 bits per heavy atom. The fraction of sp³-hybridized carbons (Fsp3) is 0.333. The van der Waals surface area contributed by atoms with Crippen LogP contribution < -0.4 is 14.4 Å². The second-order valence-electron chi connectivity index (χ2n) is 9.85. The zero-order chi connectivity index (χ0) is 31.9. The highest BCUT2D eigenvalue weighted by atomic mass is 35.5. The van der Waals surface area contributed by atoms with Crippen molar-refractivity contribution in [3.8, 4) is 5.75 Å². The first-order valence-electron chi connectivity index (χ1n) is 13.4. The molecule has 0 aromatic heterocycles. The van der Waals surface area contributed by atoms with Gasteiger partial charge in [0.05, 0.1) is 28.3 Å². The van der Waals surface area contributed by atoms with Gasteiger partial charge in [-0.3, -0.25) is 13.9 Å². The van der Waals surface area contributed by atoms with Gasteiger partial charge in [-0.05, 0) is 68.3 Å². The van der Waals surface area contributed by atoms with E-state index in [2.05, 4.69) is 5.32 Å². The standard InChI is InChI=1S/C30H33ClF3N3O5S/c1-5-20(2)35-29(39)21(3)36(18-22-11-14-24(42-4)15-12-22)28(38)19-37(43(40,41)25-9-7-6-8-10-25)23-13-16-27(31)26(17-23)30(32,33)34/h6-17,20-21H,5,18-19H2,1-4H3,(H,35,39)/t20-,21+/m1/s1. The molecule has 0 radical (unpaired) electrons. The maximum atomic E-state index is 13.9. The van der Waals surface area contributed by atoms with Crippen molar-refractivity contribution in [1.29, 1.82) is 0 Å². The smallest absolute Gasteiger partial charge is 0.417 e. The first kappa shape index (κ1) is 33.7. The van der Waals surface area contributed by atoms with Gasteiger partial charge in [-0.25, -0.2) is 8.42 Å². The number of nitrogens with one attached hydrogen (secondary N) is 1. The highest BCUT2D eigenvalue weighted by Crippen LogP contribution is 2.38. The third kappa shape index (κ3) is 8.41. The van der Waals surface area contributed by atoms with E-state index in [9.17, 15) is 31.2 Å². The largest absolute Gasteiger partial charge is 0.497 e. The van der Waals surface area contributed by atoms with Crippen molar-refractivity contribution in [2.45, 2.75) is 56.9 Å². The molecule has 0 spiro atoms. The number of anilines is 1. The van der Waals surface area contributed by atoms with E-state index in [4.69, 9.17) is 16.3 Å². The second kappa shape index (κ2) is 14.1. The number of methoxy groups -OCH3 is 1. The number of carbonyl (C=O) groups is 2. The summed E-state index contributed by atoms with van der Waals surface area (Å²) in [5, 5.41) is 2.19. The predicted octanol–water partition coefficient (Wildman–Crippen LogP) is 5.89. The normalized spacial score (nSPS) is 13.1. The van der Waals surface area contributed by atoms with Crippen LogP contribution in [0.3, 0.4) is 0 Å². The molecule has 0 fully saturated rings. The van der Waals surface area contributed by atoms with Crippen molar-refractivity contribution < 1.29 is 35.9 Å². The van der Waals surface area contributed by atoms with Crippen LogP contribution in [0.25, 0.3) is 0 Å². The molecule has 0 bridgehead atoms. The molecule has 232 valence electrons. The molecule has 3 aromatic rings. The Kier molecular flexibility index (Phi) is 11.1. The molecule has 13 heteroatoms. The Labute approximate surface area is 254 Å². The zero-order valence-corrected chi connectivity index (χ0v) is 25.6. The second-order valence-corrected chi connectivity index (χ2v) is 12.1. The number of sulfonamides is 1. The Morgan fingerprint density at radius 2 is 1.63 bits per heavy atom. The number of ether oxygens (including phenoxy) is 1. The Morgan fingerprint density at radius 1 is 1.00 bits per heavy atom. The van der Waals surface area contributed by atoms with Crippen LogP contribution >= 0.6 is 11.6 Å². The number of hydrogen-bond acceptors (Lipinski definition) is 5. The van der Waals surface area contributed by atoms with Crippen LogP contribution in [-0.2, 0) is 32.3 Å². The Balaban J connectivity index is 2.10. The molecule has 2 atom stereocenters. The van der Waals surface area contributed by atoms with Gasteiger partial charge in [-0.2, -0.15) is 13.2 Å². The highest BCUT2D eigenvalue weighted by molar-refractivity contribution is 7.92. The molecule has 0 unspecified atom stereocenters. The van der Waals surface area contributed by atoms with Gasteiger partial charge in [-0.15, -0.1) is 0 Å². The minimum atomic E-state index is -4.89. The molecule has 2 amide bonds. The van der Waals surface area contributed by atoms with E-state index < -0.39 is 56.9 Å². The van der Waals surface area contributed by atoms with Crippen LogP contribution in [0.4, 0.5) is 18.9 Å². The summed E-state index contributed by atoms with van der Waals surface area (Å²) in [5.41, 5.74) is -1.07. The zero-order valence-electron chi connectivity index (χ0n) is 24.1. The molecule has 3 rings (SSSR count). The molecule has 0 aliphatic heterocycles. The van der Waals surface area contributed by atoms with Gasteiger partial charge in [0.15, 0.2) is 0 Å². The van der Waals surface area contributed by atoms with E-state index in [-0.39, 0.29) is 17.5 Å². The van der Waals surface area contributed by atoms with Crippen LogP contribution in [0.2, 0.25) is 5.02 Å². The monoisotopic (exact) mass is 639 g/mol. The first-order valence-corrected chi connectivity index (χ1v) is 15.2. The van der Waals surface area contributed by atoms with E-state index in [0.717, 1.165) is 12.1 Å². The molecule has 43 heavy (non-hydrogen) atoms. The van der Waals surface area contributed by atoms with Gasteiger partial charge in [0.25, 0.3) is 10.0 Å². The molecular weight excluding hydrogens is 607 g/mol. The maximum absolute atomic E-state index is 13.9. The van der Waals surface area contributed by atoms with Gasteiger partial charge in [-0.1, -0.05) is 48.9 Å². The van der Waals surface area contributed by atoms with Crippen LogP contribution in [0.1, 0.15) is 38.3 Å². The number of halogens is 4. The van der Waals surface area contributed by atoms with Crippen molar-refractivity contribution >= 4 is 39.1 Å². The molecule has 0 aliphatic carbocycles. The van der Waals surface area contributed by atoms with Crippen molar-refractivity contribution in [2.24, 2.45) is 0 Å². The van der Waals surface area contributed by atoms with Gasteiger partial charge in [0.1, 0.15) is 18.3 Å². The molecule has 0 aliphatic rings. The lowest BCUT2D eigenvalue weighted by Crippen LogP contribution is -2.52. The lowest BCUT2D eigenvalue weighted by atomic mass is 10.1. The van der Waals surface area contributed by atoms with Gasteiger partial charge in [0.2, 0.25) is 11.8 Å². The number of nitrogens with zero attached hydrogens (tertiary/aromatic N) is 2. The third-order valence-electron chi connectivity index (χ3n) is 6.83. The molecule has 0 saturated carbocycles. The topological polar surface area (TPSA) is 96.0 Å². The van der Waals surface area contributed by atoms with Crippen LogP contribution in [-0.4, -0.2) is 50.9 Å². The van der Waals surface area contributed by atoms with Crippen LogP contribution in [0.5, 0.6) is 5.75 Å². The number of benzene rings is 3. The van der Waals surface area contributed by atoms with E-state index in [0.29, 0.717) is 28.1 Å². The Hall–Kier alpha value is -3.77. The fourth-order valence-corrected chi connectivity index (χ4v) is 5.76. The predicted molar refractivity (Wildman–Crippen MR) is 158 cm³/mol. The maximum Gasteiger partial charge on any atom is 0.417 e. The average molecular weight is 640 g/mol. The van der Waals surface area contributed by atoms with Gasteiger partial charge in [0, 0.05) is 12.6 Å². The van der Waals surface area contributed by atoms with E-state index in [1.807, 2.05) is 6.92 Å². The van der Waals surface area contributed by atoms with E-state index in [1.165, 1.54) is 43.2 Å². The number of hydrogen-bond donors (Lipinski definition) is 1. The molecule has 3 aromatic carbocycles. The average Bonchev–Trinajstić information content (AvgIpc) is 2.98. The summed E-state index contributed by atoms with van der Waals surface area (Å²) in [4.78, 5) is 28.0. The molecule has 0 saturated heterocycles. The molecule has 8 nitrogen and oxygen atoms in total. The summed E-state index contributed by atoms with van der Waals surface area (Å²) < 4.78 is 74.6. The third-order valence-corrected chi connectivity index (χ3v) is 8.95. The fourth-order valence-electron chi connectivity index (χ4n) is 4.11. The van der Waals surface area contributed by atoms with Gasteiger partial charge < -0.3 is 15.0 Å².